The fourth-order valence-electron chi connectivity index (χ4n) is 6.38. The summed E-state index contributed by atoms with van der Waals surface area (Å²) in [4.78, 5) is 6.89. The molecule has 6 aromatic carbocycles. The molecule has 4 nitrogen and oxygen atoms in total. The highest BCUT2D eigenvalue weighted by molar-refractivity contribution is 6.13. The number of furan rings is 2. The van der Waals surface area contributed by atoms with Crippen LogP contribution in [0.5, 0.6) is 0 Å². The third-order valence-electron chi connectivity index (χ3n) is 8.54. The van der Waals surface area contributed by atoms with Crippen LogP contribution in [0.1, 0.15) is 0 Å². The van der Waals surface area contributed by atoms with Crippen molar-refractivity contribution < 1.29 is 8.83 Å². The molecular formula is C41H26N2O2. The van der Waals surface area contributed by atoms with Gasteiger partial charge in [-0.1, -0.05) is 84.9 Å². The third kappa shape index (κ3) is 4.27. The molecule has 0 fully saturated rings. The molecule has 0 aliphatic rings. The Hall–Kier alpha value is -6.13. The summed E-state index contributed by atoms with van der Waals surface area (Å²) in [6, 6.07) is 52.7. The number of fused-ring (bicyclic) bond motifs is 6. The smallest absolute Gasteiger partial charge is 0.153 e. The minimum absolute atomic E-state index is 0.801. The number of anilines is 3. The van der Waals surface area contributed by atoms with Gasteiger partial charge in [0.15, 0.2) is 5.58 Å². The molecule has 0 saturated heterocycles. The summed E-state index contributed by atoms with van der Waals surface area (Å²) in [6.45, 7) is 0. The molecule has 4 heteroatoms. The second-order valence-corrected chi connectivity index (χ2v) is 11.2. The Labute approximate surface area is 259 Å². The molecular weight excluding hydrogens is 552 g/mol. The maximum absolute atomic E-state index is 6.29. The molecule has 0 atom stereocenters. The lowest BCUT2D eigenvalue weighted by atomic mass is 10.0. The molecule has 0 unspecified atom stereocenters. The molecule has 0 saturated carbocycles. The highest BCUT2D eigenvalue weighted by Crippen LogP contribution is 2.43. The molecule has 0 aliphatic heterocycles. The van der Waals surface area contributed by atoms with Crippen molar-refractivity contribution in [3.8, 4) is 22.3 Å². The first kappa shape index (κ1) is 25.4. The molecule has 212 valence electrons. The van der Waals surface area contributed by atoms with E-state index in [4.69, 9.17) is 8.83 Å². The van der Waals surface area contributed by atoms with Gasteiger partial charge in [-0.3, -0.25) is 4.98 Å². The van der Waals surface area contributed by atoms with Crippen LogP contribution in [0.15, 0.2) is 167 Å². The van der Waals surface area contributed by atoms with E-state index in [0.29, 0.717) is 0 Å². The predicted molar refractivity (Wildman–Crippen MR) is 184 cm³/mol. The standard InChI is InChI=1S/C41H26N2O2/c1-2-8-27(9-3-1)28-15-20-31(21-16-28)43(35-11-6-13-38-40(35)33-10-4-5-12-36(33)44-38)32-22-17-29(18-23-32)30-19-24-37-34(26-30)41-39(45-37)14-7-25-42-41/h1-26H. The van der Waals surface area contributed by atoms with Crippen molar-refractivity contribution in [1.29, 1.82) is 0 Å². The van der Waals surface area contributed by atoms with Crippen LogP contribution in [0.25, 0.3) is 66.3 Å². The van der Waals surface area contributed by atoms with Crippen molar-refractivity contribution in [2.45, 2.75) is 0 Å². The first-order chi connectivity index (χ1) is 22.3. The second-order valence-electron chi connectivity index (χ2n) is 11.2. The highest BCUT2D eigenvalue weighted by Gasteiger charge is 2.19. The summed E-state index contributed by atoms with van der Waals surface area (Å²) in [5, 5.41) is 3.21. The van der Waals surface area contributed by atoms with E-state index in [1.807, 2.05) is 48.7 Å². The van der Waals surface area contributed by atoms with E-state index < -0.39 is 0 Å². The molecule has 9 rings (SSSR count). The molecule has 9 aromatic rings. The monoisotopic (exact) mass is 578 g/mol. The van der Waals surface area contributed by atoms with Crippen molar-refractivity contribution in [3.63, 3.8) is 0 Å². The highest BCUT2D eigenvalue weighted by atomic mass is 16.3. The molecule has 3 aromatic heterocycles. The van der Waals surface area contributed by atoms with Crippen molar-refractivity contribution >= 4 is 61.1 Å². The summed E-state index contributed by atoms with van der Waals surface area (Å²) in [5.41, 5.74) is 12.1. The molecule has 45 heavy (non-hydrogen) atoms. The predicted octanol–water partition coefficient (Wildman–Crippen LogP) is 11.7. The number of benzene rings is 6. The van der Waals surface area contributed by atoms with Gasteiger partial charge in [0.1, 0.15) is 22.3 Å². The molecule has 0 N–H and O–H groups in total. The Bertz CT molecular complexity index is 2470. The van der Waals surface area contributed by atoms with Crippen LogP contribution in [0, 0.1) is 0 Å². The van der Waals surface area contributed by atoms with Gasteiger partial charge in [0, 0.05) is 28.3 Å². The van der Waals surface area contributed by atoms with Crippen molar-refractivity contribution in [2.24, 2.45) is 0 Å². The van der Waals surface area contributed by atoms with Crippen LogP contribution in [-0.4, -0.2) is 4.98 Å². The summed E-state index contributed by atoms with van der Waals surface area (Å²) in [5.74, 6) is 0. The summed E-state index contributed by atoms with van der Waals surface area (Å²) >= 11 is 0. The molecule has 0 bridgehead atoms. The lowest BCUT2D eigenvalue weighted by Crippen LogP contribution is -2.10. The number of para-hydroxylation sites is 1. The summed E-state index contributed by atoms with van der Waals surface area (Å²) < 4.78 is 12.3. The number of hydrogen-bond donors (Lipinski definition) is 0. The van der Waals surface area contributed by atoms with Crippen LogP contribution in [0.2, 0.25) is 0 Å². The van der Waals surface area contributed by atoms with Crippen LogP contribution >= 0.6 is 0 Å². The van der Waals surface area contributed by atoms with E-state index in [9.17, 15) is 0 Å². The minimum Gasteiger partial charge on any atom is -0.456 e. The Balaban J connectivity index is 1.18. The maximum atomic E-state index is 6.29. The van der Waals surface area contributed by atoms with Crippen LogP contribution in [0.3, 0.4) is 0 Å². The molecule has 0 spiro atoms. The van der Waals surface area contributed by atoms with E-state index in [2.05, 4.69) is 119 Å². The largest absolute Gasteiger partial charge is 0.456 e. The van der Waals surface area contributed by atoms with Gasteiger partial charge in [-0.25, -0.2) is 0 Å². The number of pyridine rings is 1. The maximum Gasteiger partial charge on any atom is 0.153 e. The van der Waals surface area contributed by atoms with Gasteiger partial charge in [-0.15, -0.1) is 0 Å². The van der Waals surface area contributed by atoms with Crippen molar-refractivity contribution in [1.82, 2.24) is 4.98 Å². The van der Waals surface area contributed by atoms with Gasteiger partial charge >= 0.3 is 0 Å². The molecule has 0 radical (unpaired) electrons. The average molecular weight is 579 g/mol. The number of aromatic nitrogens is 1. The first-order valence-corrected chi connectivity index (χ1v) is 15.0. The quantitative estimate of drug-likeness (QED) is 0.204. The lowest BCUT2D eigenvalue weighted by molar-refractivity contribution is 0.668. The number of hydrogen-bond acceptors (Lipinski definition) is 4. The van der Waals surface area contributed by atoms with Gasteiger partial charge in [0.25, 0.3) is 0 Å². The van der Waals surface area contributed by atoms with E-state index in [1.165, 1.54) is 11.1 Å². The fourth-order valence-corrected chi connectivity index (χ4v) is 6.38. The van der Waals surface area contributed by atoms with Crippen molar-refractivity contribution in [2.75, 3.05) is 4.90 Å². The Morgan fingerprint density at radius 1 is 0.422 bits per heavy atom. The number of nitrogens with zero attached hydrogens (tertiary/aromatic N) is 2. The Kier molecular flexibility index (Phi) is 5.78. The summed E-state index contributed by atoms with van der Waals surface area (Å²) in [7, 11) is 0. The average Bonchev–Trinajstić information content (AvgIpc) is 3.68. The van der Waals surface area contributed by atoms with E-state index in [1.54, 1.807) is 0 Å². The topological polar surface area (TPSA) is 42.4 Å². The zero-order valence-electron chi connectivity index (χ0n) is 24.2. The van der Waals surface area contributed by atoms with Gasteiger partial charge in [0.2, 0.25) is 0 Å². The number of rotatable bonds is 5. The van der Waals surface area contributed by atoms with E-state index in [-0.39, 0.29) is 0 Å². The van der Waals surface area contributed by atoms with Crippen molar-refractivity contribution in [3.05, 3.63) is 158 Å². The first-order valence-electron chi connectivity index (χ1n) is 15.0. The Morgan fingerprint density at radius 2 is 1.02 bits per heavy atom. The normalized spacial score (nSPS) is 11.6. The Morgan fingerprint density at radius 3 is 1.82 bits per heavy atom. The SMILES string of the molecule is c1ccc(-c2ccc(N(c3ccc(-c4ccc5oc6cccnc6c5c4)cc3)c3cccc4oc5ccccc5c34)cc2)cc1. The van der Waals surface area contributed by atoms with Gasteiger partial charge in [-0.2, -0.15) is 0 Å². The second kappa shape index (κ2) is 10.2. The van der Waals surface area contributed by atoms with Gasteiger partial charge < -0.3 is 13.7 Å². The van der Waals surface area contributed by atoms with Gasteiger partial charge in [-0.05, 0) is 89.0 Å². The lowest BCUT2D eigenvalue weighted by Gasteiger charge is -2.26. The molecule has 0 aliphatic carbocycles. The fraction of sp³-hybridized carbons (Fsp3) is 0. The van der Waals surface area contributed by atoms with Crippen LogP contribution in [0.4, 0.5) is 17.1 Å². The third-order valence-corrected chi connectivity index (χ3v) is 8.54. The minimum atomic E-state index is 0.801. The van der Waals surface area contributed by atoms with Crippen LogP contribution < -0.4 is 4.90 Å². The molecule has 0 amide bonds. The zero-order chi connectivity index (χ0) is 29.7. The van der Waals surface area contributed by atoms with Crippen LogP contribution in [-0.2, 0) is 0 Å². The van der Waals surface area contributed by atoms with E-state index >= 15 is 0 Å². The summed E-state index contributed by atoms with van der Waals surface area (Å²) in [6.07, 6.45) is 1.81. The van der Waals surface area contributed by atoms with Gasteiger partial charge in [0.05, 0.1) is 11.1 Å². The van der Waals surface area contributed by atoms with E-state index in [0.717, 1.165) is 72.2 Å². The molecule has 3 heterocycles. The zero-order valence-corrected chi connectivity index (χ0v) is 24.2.